The smallest absolute Gasteiger partial charge is 0.0829 e. The van der Waals surface area contributed by atoms with Gasteiger partial charge in [0.2, 0.25) is 0 Å². The number of likely N-dealkylation sites (N-methyl/N-ethyl adjacent to an activating group) is 1. The summed E-state index contributed by atoms with van der Waals surface area (Å²) in [5, 5.41) is 4.42. The molecule has 110 valence electrons. The molecular formula is C13H18Br2N4S. The zero-order valence-electron chi connectivity index (χ0n) is 11.7. The largest absolute Gasteiger partial charge is 0.318 e. The van der Waals surface area contributed by atoms with Crippen LogP contribution in [-0.4, -0.2) is 35.3 Å². The topological polar surface area (TPSA) is 47.1 Å². The van der Waals surface area contributed by atoms with Crippen LogP contribution in [0, 0.1) is 6.92 Å². The molecule has 0 aliphatic rings. The summed E-state index contributed by atoms with van der Waals surface area (Å²) in [6.45, 7) is 3.84. The lowest BCUT2D eigenvalue weighted by atomic mass is 10.1. The average molecular weight is 422 g/mol. The molecule has 1 unspecified atom stereocenters. The Bertz CT molecular complexity index is 572. The first-order valence-corrected chi connectivity index (χ1v) is 8.67. The van der Waals surface area contributed by atoms with Crippen LogP contribution >= 0.6 is 43.2 Å². The molecule has 20 heavy (non-hydrogen) atoms. The molecule has 0 amide bonds. The summed E-state index contributed by atoms with van der Waals surface area (Å²) < 4.78 is 4.09. The van der Waals surface area contributed by atoms with Gasteiger partial charge in [0.15, 0.2) is 0 Å². The normalized spacial score (nSPS) is 13.2. The first-order chi connectivity index (χ1) is 9.40. The Labute approximate surface area is 140 Å². The second kappa shape index (κ2) is 6.70. The highest BCUT2D eigenvalue weighted by atomic mass is 79.9. The fourth-order valence-electron chi connectivity index (χ4n) is 1.93. The number of nitrogens with zero attached hydrogens (tertiary/aromatic N) is 3. The Balaban J connectivity index is 2.29. The van der Waals surface area contributed by atoms with Crippen LogP contribution in [0.2, 0.25) is 0 Å². The fourth-order valence-corrected chi connectivity index (χ4v) is 4.04. The van der Waals surface area contributed by atoms with Crippen molar-refractivity contribution >= 4 is 43.2 Å². The third-order valence-electron chi connectivity index (χ3n) is 3.07. The number of aryl methyl sites for hydroxylation is 1. The Morgan fingerprint density at radius 3 is 2.70 bits per heavy atom. The van der Waals surface area contributed by atoms with E-state index in [4.69, 9.17) is 5.73 Å². The van der Waals surface area contributed by atoms with E-state index in [2.05, 4.69) is 68.9 Å². The Morgan fingerprint density at radius 2 is 2.15 bits per heavy atom. The van der Waals surface area contributed by atoms with Crippen molar-refractivity contribution in [3.05, 3.63) is 36.7 Å². The van der Waals surface area contributed by atoms with Gasteiger partial charge in [-0.15, -0.1) is 11.3 Å². The molecule has 2 aromatic rings. The van der Waals surface area contributed by atoms with E-state index < -0.39 is 0 Å². The van der Waals surface area contributed by atoms with Gasteiger partial charge in [0.25, 0.3) is 0 Å². The van der Waals surface area contributed by atoms with Crippen molar-refractivity contribution in [3.63, 3.8) is 0 Å². The van der Waals surface area contributed by atoms with E-state index in [1.54, 1.807) is 11.3 Å². The van der Waals surface area contributed by atoms with Crippen molar-refractivity contribution < 1.29 is 0 Å². The second-order valence-electron chi connectivity index (χ2n) is 4.99. The lowest BCUT2D eigenvalue weighted by Gasteiger charge is -2.16. The molecule has 0 spiro atoms. The van der Waals surface area contributed by atoms with Gasteiger partial charge in [-0.1, -0.05) is 0 Å². The molecule has 2 heterocycles. The third kappa shape index (κ3) is 3.51. The summed E-state index contributed by atoms with van der Waals surface area (Å²) in [5.74, 6) is 0. The van der Waals surface area contributed by atoms with Crippen molar-refractivity contribution in [2.75, 3.05) is 20.6 Å². The van der Waals surface area contributed by atoms with Gasteiger partial charge in [-0.3, -0.25) is 4.68 Å². The number of halogens is 2. The number of nitrogens with two attached hydrogens (primary N) is 1. The molecule has 0 aliphatic carbocycles. The molecule has 0 saturated heterocycles. The summed E-state index contributed by atoms with van der Waals surface area (Å²) in [4.78, 5) is 3.28. The van der Waals surface area contributed by atoms with Crippen LogP contribution in [0.25, 0.3) is 0 Å². The minimum absolute atomic E-state index is 0.163. The van der Waals surface area contributed by atoms with Gasteiger partial charge >= 0.3 is 0 Å². The van der Waals surface area contributed by atoms with E-state index in [-0.39, 0.29) is 6.04 Å². The number of hydrogen-bond donors (Lipinski definition) is 1. The molecule has 2 rings (SSSR count). The molecule has 0 aromatic carbocycles. The van der Waals surface area contributed by atoms with Gasteiger partial charge in [-0.2, -0.15) is 5.10 Å². The monoisotopic (exact) mass is 420 g/mol. The number of thiophene rings is 1. The molecule has 7 heteroatoms. The highest BCUT2D eigenvalue weighted by Crippen LogP contribution is 2.35. The minimum Gasteiger partial charge on any atom is -0.318 e. The highest BCUT2D eigenvalue weighted by molar-refractivity contribution is 9.11. The highest BCUT2D eigenvalue weighted by Gasteiger charge is 2.20. The summed E-state index contributed by atoms with van der Waals surface area (Å²) in [6.07, 6.45) is 1.82. The van der Waals surface area contributed by atoms with Crippen LogP contribution < -0.4 is 5.73 Å². The lowest BCUT2D eigenvalue weighted by molar-refractivity contribution is 0.368. The molecule has 0 aliphatic heterocycles. The molecule has 1 atom stereocenters. The number of rotatable bonds is 5. The lowest BCUT2D eigenvalue weighted by Crippen LogP contribution is -2.23. The Kier molecular flexibility index (Phi) is 5.42. The van der Waals surface area contributed by atoms with Gasteiger partial charge in [0, 0.05) is 11.4 Å². The van der Waals surface area contributed by atoms with Gasteiger partial charge in [-0.25, -0.2) is 0 Å². The van der Waals surface area contributed by atoms with E-state index in [1.807, 2.05) is 10.9 Å². The minimum atomic E-state index is -0.163. The van der Waals surface area contributed by atoms with E-state index in [1.165, 1.54) is 5.56 Å². The van der Waals surface area contributed by atoms with Crippen molar-refractivity contribution in [2.24, 2.45) is 5.73 Å². The molecule has 0 radical (unpaired) electrons. The van der Waals surface area contributed by atoms with Crippen LogP contribution in [0.15, 0.2) is 20.5 Å². The van der Waals surface area contributed by atoms with Crippen molar-refractivity contribution in [3.8, 4) is 0 Å². The van der Waals surface area contributed by atoms with Gasteiger partial charge < -0.3 is 10.6 Å². The second-order valence-corrected chi connectivity index (χ2v) is 8.24. The number of aromatic nitrogens is 2. The van der Waals surface area contributed by atoms with Crippen LogP contribution in [0.4, 0.5) is 0 Å². The number of hydrogen-bond acceptors (Lipinski definition) is 4. The zero-order valence-corrected chi connectivity index (χ0v) is 15.7. The summed E-state index contributed by atoms with van der Waals surface area (Å²) in [5.41, 5.74) is 8.68. The predicted octanol–water partition coefficient (Wildman–Crippen LogP) is 3.39. The van der Waals surface area contributed by atoms with E-state index in [0.717, 1.165) is 31.9 Å². The van der Waals surface area contributed by atoms with Crippen LogP contribution in [0.5, 0.6) is 0 Å². The zero-order chi connectivity index (χ0) is 14.9. The van der Waals surface area contributed by atoms with Crippen molar-refractivity contribution in [1.29, 1.82) is 0 Å². The molecular weight excluding hydrogens is 404 g/mol. The van der Waals surface area contributed by atoms with Crippen molar-refractivity contribution in [1.82, 2.24) is 14.7 Å². The standard InChI is InChI=1S/C13H18Br2N4S/c1-8-6-10(20-13(8)15)11(16)12-9(14)7-17-19(12)5-4-18(2)3/h6-7,11H,4-5,16H2,1-3H3. The van der Waals surface area contributed by atoms with Crippen molar-refractivity contribution in [2.45, 2.75) is 19.5 Å². The first-order valence-electron chi connectivity index (χ1n) is 6.27. The van der Waals surface area contributed by atoms with E-state index in [0.29, 0.717) is 0 Å². The molecule has 0 saturated carbocycles. The van der Waals surface area contributed by atoms with E-state index in [9.17, 15) is 0 Å². The molecule has 2 N–H and O–H groups in total. The van der Waals surface area contributed by atoms with Gasteiger partial charge in [0.05, 0.1) is 32.7 Å². The van der Waals surface area contributed by atoms with E-state index >= 15 is 0 Å². The molecule has 0 bridgehead atoms. The van der Waals surface area contributed by atoms with Gasteiger partial charge in [-0.05, 0) is 64.5 Å². The maximum Gasteiger partial charge on any atom is 0.0829 e. The summed E-state index contributed by atoms with van der Waals surface area (Å²) in [6, 6.07) is 1.97. The maximum atomic E-state index is 6.44. The van der Waals surface area contributed by atoms with Crippen LogP contribution in [0.3, 0.4) is 0 Å². The Morgan fingerprint density at radius 1 is 1.45 bits per heavy atom. The average Bonchev–Trinajstić information content (AvgIpc) is 2.90. The Hall–Kier alpha value is -0.210. The van der Waals surface area contributed by atoms with Gasteiger partial charge in [0.1, 0.15) is 0 Å². The summed E-state index contributed by atoms with van der Waals surface area (Å²) >= 11 is 8.80. The van der Waals surface area contributed by atoms with Crippen LogP contribution in [0.1, 0.15) is 22.2 Å². The third-order valence-corrected chi connectivity index (χ3v) is 5.90. The quantitative estimate of drug-likeness (QED) is 0.804. The van der Waals surface area contributed by atoms with Crippen LogP contribution in [-0.2, 0) is 6.54 Å². The first kappa shape index (κ1) is 16.2. The SMILES string of the molecule is Cc1cc(C(N)c2c(Br)cnn2CCN(C)C)sc1Br. The molecule has 2 aromatic heterocycles. The summed E-state index contributed by atoms with van der Waals surface area (Å²) in [7, 11) is 4.11. The fraction of sp³-hybridized carbons (Fsp3) is 0.462. The molecule has 0 fully saturated rings. The molecule has 4 nitrogen and oxygen atoms in total. The maximum absolute atomic E-state index is 6.44. The predicted molar refractivity (Wildman–Crippen MR) is 91.3 cm³/mol.